The summed E-state index contributed by atoms with van der Waals surface area (Å²) in [5.41, 5.74) is 6.17. The molecule has 0 aliphatic carbocycles. The number of aromatic nitrogens is 2. The van der Waals surface area contributed by atoms with Crippen LogP contribution in [0.5, 0.6) is 0 Å². The van der Waals surface area contributed by atoms with Gasteiger partial charge >= 0.3 is 0 Å². The first-order valence-electron chi connectivity index (χ1n) is 12.4. The van der Waals surface area contributed by atoms with Crippen molar-refractivity contribution in [3.8, 4) is 23.4 Å². The van der Waals surface area contributed by atoms with Crippen molar-refractivity contribution in [1.29, 1.82) is 10.5 Å². The van der Waals surface area contributed by atoms with E-state index in [1.54, 1.807) is 18.3 Å². The topological polar surface area (TPSA) is 107 Å². The first-order chi connectivity index (χ1) is 17.4. The third kappa shape index (κ3) is 5.22. The van der Waals surface area contributed by atoms with Crippen molar-refractivity contribution in [2.75, 3.05) is 23.8 Å². The van der Waals surface area contributed by atoms with Gasteiger partial charge in [-0.15, -0.1) is 0 Å². The summed E-state index contributed by atoms with van der Waals surface area (Å²) in [6, 6.07) is 15.8. The first kappa shape index (κ1) is 26.3. The number of nitrogens with one attached hydrogen (secondary N) is 2. The van der Waals surface area contributed by atoms with Gasteiger partial charge in [-0.3, -0.25) is 0 Å². The summed E-state index contributed by atoms with van der Waals surface area (Å²) in [4.78, 5) is 9.12. The molecule has 190 valence electrons. The van der Waals surface area contributed by atoms with Crippen LogP contribution in [0.1, 0.15) is 49.9 Å². The largest absolute Gasteiger partial charge is 0.416 e. The summed E-state index contributed by atoms with van der Waals surface area (Å²) >= 11 is 0. The van der Waals surface area contributed by atoms with Gasteiger partial charge in [0.25, 0.3) is 0 Å². The van der Waals surface area contributed by atoms with E-state index in [0.29, 0.717) is 35.9 Å². The van der Waals surface area contributed by atoms with Gasteiger partial charge in [-0.25, -0.2) is 9.97 Å². The van der Waals surface area contributed by atoms with E-state index in [2.05, 4.69) is 74.6 Å². The molecule has 2 heterocycles. The molecule has 0 saturated heterocycles. The van der Waals surface area contributed by atoms with Gasteiger partial charge in [0.1, 0.15) is 6.07 Å². The molecular formula is C29H34N6OSi. The SMILES string of the molecule is Cc1ccc(C#N)cc1Nc1nccc(-c2cc(C#N)c3c(c2)[C@@](C)(CO[Si](C)(C)C(C)(C)C)CN3)n1. The molecule has 0 radical (unpaired) electrons. The van der Waals surface area contributed by atoms with Gasteiger partial charge in [-0.2, -0.15) is 10.5 Å². The zero-order valence-corrected chi connectivity index (χ0v) is 23.7. The van der Waals surface area contributed by atoms with E-state index in [4.69, 9.17) is 9.41 Å². The van der Waals surface area contributed by atoms with Crippen molar-refractivity contribution >= 4 is 25.6 Å². The molecule has 37 heavy (non-hydrogen) atoms. The summed E-state index contributed by atoms with van der Waals surface area (Å²) in [7, 11) is -1.94. The summed E-state index contributed by atoms with van der Waals surface area (Å²) in [6.45, 7) is 16.7. The minimum Gasteiger partial charge on any atom is -0.416 e. The van der Waals surface area contributed by atoms with Crippen molar-refractivity contribution in [3.05, 3.63) is 64.8 Å². The summed E-state index contributed by atoms with van der Waals surface area (Å²) in [5, 5.41) is 26.0. The molecule has 7 nitrogen and oxygen atoms in total. The van der Waals surface area contributed by atoms with Crippen LogP contribution in [0.3, 0.4) is 0 Å². The van der Waals surface area contributed by atoms with Crippen LogP contribution in [0, 0.1) is 29.6 Å². The van der Waals surface area contributed by atoms with Gasteiger partial charge in [-0.1, -0.05) is 33.8 Å². The van der Waals surface area contributed by atoms with E-state index in [-0.39, 0.29) is 10.5 Å². The van der Waals surface area contributed by atoms with Gasteiger partial charge in [0.05, 0.1) is 28.6 Å². The highest BCUT2D eigenvalue weighted by atomic mass is 28.4. The number of nitrogens with zero attached hydrogens (tertiary/aromatic N) is 4. The molecule has 4 rings (SSSR count). The number of nitriles is 2. The maximum Gasteiger partial charge on any atom is 0.227 e. The zero-order chi connectivity index (χ0) is 27.0. The fourth-order valence-electron chi connectivity index (χ4n) is 4.13. The van der Waals surface area contributed by atoms with Crippen LogP contribution in [0.2, 0.25) is 18.1 Å². The normalized spacial score (nSPS) is 16.9. The second kappa shape index (κ2) is 9.62. The van der Waals surface area contributed by atoms with Crippen LogP contribution in [-0.4, -0.2) is 31.4 Å². The van der Waals surface area contributed by atoms with Crippen molar-refractivity contribution in [2.45, 2.75) is 58.2 Å². The van der Waals surface area contributed by atoms with Crippen LogP contribution >= 0.6 is 0 Å². The van der Waals surface area contributed by atoms with Crippen molar-refractivity contribution in [2.24, 2.45) is 0 Å². The molecule has 8 heteroatoms. The second-order valence-electron chi connectivity index (χ2n) is 11.6. The van der Waals surface area contributed by atoms with Crippen LogP contribution in [0.25, 0.3) is 11.3 Å². The minimum atomic E-state index is -1.94. The lowest BCUT2D eigenvalue weighted by Crippen LogP contribution is -2.45. The molecule has 0 amide bonds. The van der Waals surface area contributed by atoms with Crippen LogP contribution in [0.4, 0.5) is 17.3 Å². The molecule has 2 aromatic carbocycles. The van der Waals surface area contributed by atoms with Crippen molar-refractivity contribution < 1.29 is 4.43 Å². The first-order valence-corrected chi connectivity index (χ1v) is 15.4. The maximum atomic E-state index is 9.95. The Morgan fingerprint density at radius 2 is 1.89 bits per heavy atom. The fourth-order valence-corrected chi connectivity index (χ4v) is 5.25. The zero-order valence-electron chi connectivity index (χ0n) is 22.7. The molecule has 0 spiro atoms. The Labute approximate surface area is 220 Å². The van der Waals surface area contributed by atoms with Crippen molar-refractivity contribution in [3.63, 3.8) is 0 Å². The molecular weight excluding hydrogens is 476 g/mol. The lowest BCUT2D eigenvalue weighted by atomic mass is 9.83. The highest BCUT2D eigenvalue weighted by Gasteiger charge is 2.42. The van der Waals surface area contributed by atoms with E-state index in [1.807, 2.05) is 25.1 Å². The quantitative estimate of drug-likeness (QED) is 0.358. The molecule has 0 bridgehead atoms. The molecule has 0 fully saturated rings. The van der Waals surface area contributed by atoms with Gasteiger partial charge in [0.15, 0.2) is 8.32 Å². The van der Waals surface area contributed by atoms with Gasteiger partial charge < -0.3 is 15.1 Å². The summed E-state index contributed by atoms with van der Waals surface area (Å²) in [5.74, 6) is 0.428. The van der Waals surface area contributed by atoms with E-state index < -0.39 is 8.32 Å². The highest BCUT2D eigenvalue weighted by Crippen LogP contribution is 2.44. The summed E-state index contributed by atoms with van der Waals surface area (Å²) < 4.78 is 6.63. The standard InChI is InChI=1S/C29H34N6OSi/c1-19-8-9-20(15-30)12-25(19)35-27-32-11-10-24(34-27)21-13-22(16-31)26-23(14-21)29(5,17-33-26)18-36-37(6,7)28(2,3)4/h8-14,33H,17-18H2,1-7H3,(H,32,34,35)/t29-/m1/s1. The number of hydrogen-bond acceptors (Lipinski definition) is 7. The Kier molecular flexibility index (Phi) is 6.85. The van der Waals surface area contributed by atoms with Crippen molar-refractivity contribution in [1.82, 2.24) is 9.97 Å². The third-order valence-electron chi connectivity index (χ3n) is 7.69. The predicted molar refractivity (Wildman–Crippen MR) is 150 cm³/mol. The number of anilines is 3. The molecule has 1 aromatic heterocycles. The van der Waals surface area contributed by atoms with Gasteiger partial charge in [0, 0.05) is 36.0 Å². The minimum absolute atomic E-state index is 0.118. The molecule has 1 atom stereocenters. The third-order valence-corrected chi connectivity index (χ3v) is 12.2. The number of aryl methyl sites for hydroxylation is 1. The monoisotopic (exact) mass is 510 g/mol. The fraction of sp³-hybridized carbons (Fsp3) is 0.379. The predicted octanol–water partition coefficient (Wildman–Crippen LogP) is 6.64. The molecule has 3 aromatic rings. The van der Waals surface area contributed by atoms with E-state index in [0.717, 1.165) is 28.1 Å². The lowest BCUT2D eigenvalue weighted by Gasteiger charge is -2.39. The smallest absolute Gasteiger partial charge is 0.227 e. The van der Waals surface area contributed by atoms with E-state index in [1.165, 1.54) is 0 Å². The van der Waals surface area contributed by atoms with E-state index >= 15 is 0 Å². The van der Waals surface area contributed by atoms with Gasteiger partial charge in [0.2, 0.25) is 5.95 Å². The Hall–Kier alpha value is -3.72. The molecule has 2 N–H and O–H groups in total. The Morgan fingerprint density at radius 3 is 2.57 bits per heavy atom. The Balaban J connectivity index is 1.68. The Bertz CT molecular complexity index is 1430. The summed E-state index contributed by atoms with van der Waals surface area (Å²) in [6.07, 6.45) is 1.70. The number of benzene rings is 2. The molecule has 1 aliphatic heterocycles. The molecule has 1 aliphatic rings. The van der Waals surface area contributed by atoms with Crippen LogP contribution in [0.15, 0.2) is 42.6 Å². The Morgan fingerprint density at radius 1 is 1.14 bits per heavy atom. The van der Waals surface area contributed by atoms with E-state index in [9.17, 15) is 10.5 Å². The molecule has 0 saturated carbocycles. The molecule has 0 unspecified atom stereocenters. The van der Waals surface area contributed by atoms with Gasteiger partial charge in [-0.05, 0) is 66.5 Å². The highest BCUT2D eigenvalue weighted by molar-refractivity contribution is 6.74. The second-order valence-corrected chi connectivity index (χ2v) is 16.4. The average Bonchev–Trinajstić information content (AvgIpc) is 3.20. The van der Waals surface area contributed by atoms with Crippen LogP contribution in [-0.2, 0) is 9.84 Å². The lowest BCUT2D eigenvalue weighted by molar-refractivity contribution is 0.220. The number of fused-ring (bicyclic) bond motifs is 1. The van der Waals surface area contributed by atoms with Crippen LogP contribution < -0.4 is 10.6 Å². The number of rotatable bonds is 6. The maximum absolute atomic E-state index is 9.95. The number of hydrogen-bond donors (Lipinski definition) is 2. The average molecular weight is 511 g/mol.